The molecule has 5 heteroatoms. The molecular formula is C17H24N4O. The summed E-state index contributed by atoms with van der Waals surface area (Å²) in [4.78, 5) is 8.26. The largest absolute Gasteiger partial charge is 0.473 e. The maximum atomic E-state index is 6.06. The molecule has 0 radical (unpaired) electrons. The fourth-order valence-corrected chi connectivity index (χ4v) is 2.07. The predicted molar refractivity (Wildman–Crippen MR) is 90.5 cm³/mol. The molecule has 0 aliphatic rings. The normalized spacial score (nSPS) is 10.7. The van der Waals surface area contributed by atoms with Crippen LogP contribution in [0.1, 0.15) is 39.2 Å². The highest BCUT2D eigenvalue weighted by Gasteiger charge is 2.10. The quantitative estimate of drug-likeness (QED) is 0.810. The van der Waals surface area contributed by atoms with E-state index in [2.05, 4.69) is 34.3 Å². The summed E-state index contributed by atoms with van der Waals surface area (Å²) < 4.78 is 5.57. The molecule has 0 saturated heterocycles. The molecule has 22 heavy (non-hydrogen) atoms. The van der Waals surface area contributed by atoms with Gasteiger partial charge in [-0.25, -0.2) is 4.98 Å². The molecule has 0 aliphatic carbocycles. The van der Waals surface area contributed by atoms with Gasteiger partial charge in [0.15, 0.2) is 5.82 Å². The number of aryl methyl sites for hydroxylation is 1. The SMILES string of the molecule is CCCCc1ccc(Nc2ncnc(OC(C)C)c2N)cc1. The monoisotopic (exact) mass is 300 g/mol. The Bertz CT molecular complexity index is 596. The second-order valence-corrected chi connectivity index (χ2v) is 5.53. The number of aromatic nitrogens is 2. The van der Waals surface area contributed by atoms with Gasteiger partial charge in [0, 0.05) is 5.69 Å². The number of unbranched alkanes of at least 4 members (excludes halogenated alkanes) is 1. The average molecular weight is 300 g/mol. The zero-order valence-electron chi connectivity index (χ0n) is 13.5. The highest BCUT2D eigenvalue weighted by atomic mass is 16.5. The van der Waals surface area contributed by atoms with Crippen LogP contribution in [0.25, 0.3) is 0 Å². The van der Waals surface area contributed by atoms with Crippen LogP contribution >= 0.6 is 0 Å². The van der Waals surface area contributed by atoms with E-state index in [0.717, 1.165) is 12.1 Å². The first kappa shape index (κ1) is 16.1. The van der Waals surface area contributed by atoms with E-state index in [1.54, 1.807) is 0 Å². The molecular weight excluding hydrogens is 276 g/mol. The molecule has 0 saturated carbocycles. The third-order valence-corrected chi connectivity index (χ3v) is 3.23. The third kappa shape index (κ3) is 4.35. The average Bonchev–Trinajstić information content (AvgIpc) is 2.50. The number of ether oxygens (including phenoxy) is 1. The lowest BCUT2D eigenvalue weighted by Crippen LogP contribution is -2.10. The Kier molecular flexibility index (Phi) is 5.58. The number of hydrogen-bond donors (Lipinski definition) is 2. The van der Waals surface area contributed by atoms with Crippen LogP contribution in [0, 0.1) is 0 Å². The smallest absolute Gasteiger partial charge is 0.242 e. The lowest BCUT2D eigenvalue weighted by atomic mass is 10.1. The second kappa shape index (κ2) is 7.64. The maximum absolute atomic E-state index is 6.06. The Balaban J connectivity index is 2.10. The first-order valence-corrected chi connectivity index (χ1v) is 7.73. The summed E-state index contributed by atoms with van der Waals surface area (Å²) in [5.74, 6) is 0.971. The summed E-state index contributed by atoms with van der Waals surface area (Å²) in [6, 6.07) is 8.33. The maximum Gasteiger partial charge on any atom is 0.242 e. The van der Waals surface area contributed by atoms with E-state index in [0.29, 0.717) is 17.4 Å². The van der Waals surface area contributed by atoms with Gasteiger partial charge in [-0.3, -0.25) is 0 Å². The van der Waals surface area contributed by atoms with E-state index in [4.69, 9.17) is 10.5 Å². The number of benzene rings is 1. The van der Waals surface area contributed by atoms with E-state index in [1.165, 1.54) is 24.7 Å². The Labute approximate surface area is 131 Å². The van der Waals surface area contributed by atoms with Gasteiger partial charge < -0.3 is 15.8 Å². The van der Waals surface area contributed by atoms with Gasteiger partial charge in [0.05, 0.1) is 6.10 Å². The summed E-state index contributed by atoms with van der Waals surface area (Å²) in [6.07, 6.45) is 4.99. The first-order chi connectivity index (χ1) is 10.6. The van der Waals surface area contributed by atoms with Crippen molar-refractivity contribution in [1.82, 2.24) is 9.97 Å². The highest BCUT2D eigenvalue weighted by molar-refractivity contribution is 5.72. The van der Waals surface area contributed by atoms with Gasteiger partial charge in [0.1, 0.15) is 12.0 Å². The molecule has 118 valence electrons. The molecule has 0 aliphatic heterocycles. The van der Waals surface area contributed by atoms with Crippen molar-refractivity contribution in [3.63, 3.8) is 0 Å². The molecule has 1 aromatic carbocycles. The fourth-order valence-electron chi connectivity index (χ4n) is 2.07. The number of nitrogen functional groups attached to an aromatic ring is 1. The number of hydrogen-bond acceptors (Lipinski definition) is 5. The second-order valence-electron chi connectivity index (χ2n) is 5.53. The van der Waals surface area contributed by atoms with Gasteiger partial charge >= 0.3 is 0 Å². The fraction of sp³-hybridized carbons (Fsp3) is 0.412. The van der Waals surface area contributed by atoms with Crippen LogP contribution in [-0.2, 0) is 6.42 Å². The molecule has 2 aromatic rings. The summed E-state index contributed by atoms with van der Waals surface area (Å²) in [5.41, 5.74) is 8.77. The van der Waals surface area contributed by atoms with E-state index in [1.807, 2.05) is 26.0 Å². The van der Waals surface area contributed by atoms with Crippen molar-refractivity contribution in [3.05, 3.63) is 36.2 Å². The molecule has 0 fully saturated rings. The Morgan fingerprint density at radius 3 is 2.55 bits per heavy atom. The number of nitrogens with zero attached hydrogens (tertiary/aromatic N) is 2. The van der Waals surface area contributed by atoms with Crippen LogP contribution in [0.2, 0.25) is 0 Å². The van der Waals surface area contributed by atoms with Crippen molar-refractivity contribution in [1.29, 1.82) is 0 Å². The standard InChI is InChI=1S/C17H24N4O/c1-4-5-6-13-7-9-14(10-8-13)21-16-15(18)17(20-11-19-16)22-12(2)3/h7-12H,4-6,18H2,1-3H3,(H,19,20,21). The third-order valence-electron chi connectivity index (χ3n) is 3.23. The molecule has 0 amide bonds. The molecule has 0 spiro atoms. The molecule has 1 heterocycles. The Morgan fingerprint density at radius 2 is 1.91 bits per heavy atom. The van der Waals surface area contributed by atoms with Crippen molar-refractivity contribution < 1.29 is 4.74 Å². The topological polar surface area (TPSA) is 73.1 Å². The summed E-state index contributed by atoms with van der Waals surface area (Å²) in [5, 5.41) is 3.21. The van der Waals surface area contributed by atoms with Crippen molar-refractivity contribution >= 4 is 17.2 Å². The zero-order chi connectivity index (χ0) is 15.9. The van der Waals surface area contributed by atoms with Crippen molar-refractivity contribution in [2.75, 3.05) is 11.1 Å². The van der Waals surface area contributed by atoms with Gasteiger partial charge in [-0.2, -0.15) is 4.98 Å². The van der Waals surface area contributed by atoms with E-state index in [9.17, 15) is 0 Å². The minimum atomic E-state index is 0.0166. The van der Waals surface area contributed by atoms with Crippen LogP contribution in [0.4, 0.5) is 17.2 Å². The molecule has 5 nitrogen and oxygen atoms in total. The Hall–Kier alpha value is -2.30. The summed E-state index contributed by atoms with van der Waals surface area (Å²) >= 11 is 0. The summed E-state index contributed by atoms with van der Waals surface area (Å²) in [7, 11) is 0. The van der Waals surface area contributed by atoms with E-state index < -0.39 is 0 Å². The van der Waals surface area contributed by atoms with Gasteiger partial charge in [0.25, 0.3) is 0 Å². The van der Waals surface area contributed by atoms with Crippen LogP contribution < -0.4 is 15.8 Å². The van der Waals surface area contributed by atoms with Crippen molar-refractivity contribution in [2.45, 2.75) is 46.1 Å². The van der Waals surface area contributed by atoms with Crippen LogP contribution in [-0.4, -0.2) is 16.1 Å². The number of rotatable bonds is 7. The zero-order valence-corrected chi connectivity index (χ0v) is 13.5. The summed E-state index contributed by atoms with van der Waals surface area (Å²) in [6.45, 7) is 6.07. The van der Waals surface area contributed by atoms with E-state index >= 15 is 0 Å². The van der Waals surface area contributed by atoms with Gasteiger partial charge in [0.2, 0.25) is 5.88 Å². The van der Waals surface area contributed by atoms with Crippen LogP contribution in [0.3, 0.4) is 0 Å². The van der Waals surface area contributed by atoms with Crippen LogP contribution in [0.5, 0.6) is 5.88 Å². The highest BCUT2D eigenvalue weighted by Crippen LogP contribution is 2.28. The lowest BCUT2D eigenvalue weighted by molar-refractivity contribution is 0.234. The van der Waals surface area contributed by atoms with Gasteiger partial charge in [-0.1, -0.05) is 25.5 Å². The number of nitrogens with one attached hydrogen (secondary N) is 1. The predicted octanol–water partition coefficient (Wildman–Crippen LogP) is 3.93. The number of nitrogens with two attached hydrogens (primary N) is 1. The van der Waals surface area contributed by atoms with E-state index in [-0.39, 0.29) is 6.10 Å². The minimum Gasteiger partial charge on any atom is -0.473 e. The first-order valence-electron chi connectivity index (χ1n) is 7.73. The van der Waals surface area contributed by atoms with Gasteiger partial charge in [-0.05, 0) is 44.4 Å². The minimum absolute atomic E-state index is 0.0166. The van der Waals surface area contributed by atoms with Crippen molar-refractivity contribution in [3.8, 4) is 5.88 Å². The van der Waals surface area contributed by atoms with Gasteiger partial charge in [-0.15, -0.1) is 0 Å². The molecule has 2 rings (SSSR count). The molecule has 0 unspecified atom stereocenters. The lowest BCUT2D eigenvalue weighted by Gasteiger charge is -2.14. The molecule has 0 bridgehead atoms. The Morgan fingerprint density at radius 1 is 1.18 bits per heavy atom. The van der Waals surface area contributed by atoms with Crippen molar-refractivity contribution in [2.24, 2.45) is 0 Å². The molecule has 1 aromatic heterocycles. The molecule has 3 N–H and O–H groups in total. The number of anilines is 3. The molecule has 0 atom stereocenters. The van der Waals surface area contributed by atoms with Crippen LogP contribution in [0.15, 0.2) is 30.6 Å².